The molecule has 0 radical (unpaired) electrons. The first-order valence-corrected chi connectivity index (χ1v) is 7.35. The van der Waals surface area contributed by atoms with Gasteiger partial charge in [-0.15, -0.1) is 11.3 Å². The van der Waals surface area contributed by atoms with Gasteiger partial charge in [0.15, 0.2) is 4.96 Å². The molecule has 0 fully saturated rings. The molecule has 0 saturated carbocycles. The van der Waals surface area contributed by atoms with Crippen molar-refractivity contribution in [2.24, 2.45) is 0 Å². The molecule has 0 saturated heterocycles. The van der Waals surface area contributed by atoms with Crippen molar-refractivity contribution in [1.82, 2.24) is 14.4 Å². The van der Waals surface area contributed by atoms with Crippen molar-refractivity contribution in [3.8, 4) is 11.3 Å². The molecule has 96 valence electrons. The molecule has 2 N–H and O–H groups in total. The van der Waals surface area contributed by atoms with Crippen LogP contribution >= 0.6 is 11.3 Å². The van der Waals surface area contributed by atoms with Gasteiger partial charge in [-0.05, 0) is 37.8 Å². The summed E-state index contributed by atoms with van der Waals surface area (Å²) in [6.45, 7) is 0. The van der Waals surface area contributed by atoms with Crippen molar-refractivity contribution in [3.63, 3.8) is 0 Å². The lowest BCUT2D eigenvalue weighted by atomic mass is 10.0. The van der Waals surface area contributed by atoms with Crippen LogP contribution in [0.15, 0.2) is 24.5 Å². The maximum atomic E-state index is 6.33. The molecule has 4 nitrogen and oxygen atoms in total. The number of fused-ring (bicyclic) bond motifs is 3. The van der Waals surface area contributed by atoms with Crippen LogP contribution in [0.4, 0.5) is 5.82 Å². The highest BCUT2D eigenvalue weighted by Gasteiger charge is 2.21. The molecule has 3 heterocycles. The average Bonchev–Trinajstić information content (AvgIpc) is 2.97. The fourth-order valence-electron chi connectivity index (χ4n) is 2.78. The number of aromatic nitrogens is 3. The highest BCUT2D eigenvalue weighted by molar-refractivity contribution is 7.17. The highest BCUT2D eigenvalue weighted by atomic mass is 32.1. The third kappa shape index (κ3) is 1.58. The lowest BCUT2D eigenvalue weighted by molar-refractivity contribution is 0.675. The van der Waals surface area contributed by atoms with E-state index in [1.54, 1.807) is 23.7 Å². The van der Waals surface area contributed by atoms with Crippen molar-refractivity contribution in [2.45, 2.75) is 25.7 Å². The molecule has 1 aliphatic carbocycles. The maximum absolute atomic E-state index is 6.33. The standard InChI is InChI=1S/C14H14N4S/c15-13-12(9-5-7-16-8-6-9)17-14-18(13)10-3-1-2-4-11(10)19-14/h5-8H,1-4,15H2. The summed E-state index contributed by atoms with van der Waals surface area (Å²) in [5, 5.41) is 0. The molecular formula is C14H14N4S. The highest BCUT2D eigenvalue weighted by Crippen LogP contribution is 2.35. The van der Waals surface area contributed by atoms with Gasteiger partial charge in [-0.25, -0.2) is 4.98 Å². The summed E-state index contributed by atoms with van der Waals surface area (Å²) < 4.78 is 2.15. The van der Waals surface area contributed by atoms with Crippen LogP contribution in [0.3, 0.4) is 0 Å². The van der Waals surface area contributed by atoms with E-state index in [2.05, 4.69) is 9.38 Å². The normalized spacial score (nSPS) is 14.7. The number of aryl methyl sites for hydroxylation is 2. The van der Waals surface area contributed by atoms with Gasteiger partial charge in [0.25, 0.3) is 0 Å². The second-order valence-electron chi connectivity index (χ2n) is 4.88. The van der Waals surface area contributed by atoms with Crippen LogP contribution in [0.25, 0.3) is 16.2 Å². The third-order valence-corrected chi connectivity index (χ3v) is 4.85. The number of nitrogen functional groups attached to an aromatic ring is 1. The molecular weight excluding hydrogens is 256 g/mol. The summed E-state index contributed by atoms with van der Waals surface area (Å²) in [5.41, 5.74) is 9.61. The van der Waals surface area contributed by atoms with E-state index in [1.165, 1.54) is 29.8 Å². The number of hydrogen-bond donors (Lipinski definition) is 1. The number of nitrogens with zero attached hydrogens (tertiary/aromatic N) is 3. The summed E-state index contributed by atoms with van der Waals surface area (Å²) in [5.74, 6) is 0.764. The minimum Gasteiger partial charge on any atom is -0.383 e. The molecule has 4 rings (SSSR count). The predicted molar refractivity (Wildman–Crippen MR) is 77.4 cm³/mol. The molecule has 0 aliphatic heterocycles. The van der Waals surface area contributed by atoms with Gasteiger partial charge in [0, 0.05) is 28.5 Å². The lowest BCUT2D eigenvalue weighted by Crippen LogP contribution is -2.04. The minimum atomic E-state index is 0.764. The zero-order chi connectivity index (χ0) is 12.8. The molecule has 0 unspecified atom stereocenters. The Kier molecular flexibility index (Phi) is 2.35. The van der Waals surface area contributed by atoms with Gasteiger partial charge >= 0.3 is 0 Å². The van der Waals surface area contributed by atoms with Crippen LogP contribution in [-0.4, -0.2) is 14.4 Å². The van der Waals surface area contributed by atoms with Gasteiger partial charge in [-0.1, -0.05) is 0 Å². The summed E-state index contributed by atoms with van der Waals surface area (Å²) in [7, 11) is 0. The zero-order valence-electron chi connectivity index (χ0n) is 10.5. The first kappa shape index (κ1) is 11.0. The fraction of sp³-hybridized carbons (Fsp3) is 0.286. The Hall–Kier alpha value is -1.88. The molecule has 0 spiro atoms. The van der Waals surface area contributed by atoms with E-state index in [1.807, 2.05) is 12.1 Å². The number of anilines is 1. The summed E-state index contributed by atoms with van der Waals surface area (Å²) in [6.07, 6.45) is 8.38. The van der Waals surface area contributed by atoms with Gasteiger partial charge in [0.1, 0.15) is 11.5 Å². The lowest BCUT2D eigenvalue weighted by Gasteiger charge is -2.11. The van der Waals surface area contributed by atoms with E-state index in [4.69, 9.17) is 10.7 Å². The van der Waals surface area contributed by atoms with Crippen LogP contribution < -0.4 is 5.73 Å². The average molecular weight is 270 g/mol. The number of rotatable bonds is 1. The van der Waals surface area contributed by atoms with Crippen LogP contribution in [-0.2, 0) is 12.8 Å². The Morgan fingerprint density at radius 2 is 1.95 bits per heavy atom. The number of imidazole rings is 1. The SMILES string of the molecule is Nc1c(-c2ccncc2)nc2sc3c(n12)CCCC3. The summed E-state index contributed by atoms with van der Waals surface area (Å²) >= 11 is 1.79. The molecule has 5 heteroatoms. The molecule has 3 aromatic heterocycles. The number of nitrogens with two attached hydrogens (primary N) is 1. The summed E-state index contributed by atoms with van der Waals surface area (Å²) in [4.78, 5) is 11.2. The fourth-order valence-corrected chi connectivity index (χ4v) is 4.00. The molecule has 1 aliphatic rings. The topological polar surface area (TPSA) is 56.2 Å². The maximum Gasteiger partial charge on any atom is 0.196 e. The molecule has 19 heavy (non-hydrogen) atoms. The molecule has 0 bridgehead atoms. The number of hydrogen-bond acceptors (Lipinski definition) is 4. The van der Waals surface area contributed by atoms with Crippen LogP contribution in [0.5, 0.6) is 0 Å². The first-order chi connectivity index (χ1) is 9.34. The third-order valence-electron chi connectivity index (χ3n) is 3.71. The van der Waals surface area contributed by atoms with Crippen molar-refractivity contribution in [1.29, 1.82) is 0 Å². The zero-order valence-corrected chi connectivity index (χ0v) is 11.3. The first-order valence-electron chi connectivity index (χ1n) is 6.53. The second kappa shape index (κ2) is 4.06. The van der Waals surface area contributed by atoms with E-state index in [-0.39, 0.29) is 0 Å². The second-order valence-corrected chi connectivity index (χ2v) is 5.94. The van der Waals surface area contributed by atoms with Crippen molar-refractivity contribution < 1.29 is 0 Å². The molecule has 0 atom stereocenters. The number of thiazole rings is 1. The molecule has 3 aromatic rings. The number of pyridine rings is 1. The van der Waals surface area contributed by atoms with Crippen molar-refractivity contribution in [2.75, 3.05) is 5.73 Å². The van der Waals surface area contributed by atoms with Crippen LogP contribution in [0.2, 0.25) is 0 Å². The van der Waals surface area contributed by atoms with Gasteiger partial charge in [0.2, 0.25) is 0 Å². The van der Waals surface area contributed by atoms with Gasteiger partial charge in [-0.3, -0.25) is 9.38 Å². The van der Waals surface area contributed by atoms with Gasteiger partial charge < -0.3 is 5.73 Å². The monoisotopic (exact) mass is 270 g/mol. The minimum absolute atomic E-state index is 0.764. The van der Waals surface area contributed by atoms with E-state index in [0.717, 1.165) is 28.5 Å². The Labute approximate surface area is 114 Å². The van der Waals surface area contributed by atoms with Gasteiger partial charge in [0.05, 0.1) is 0 Å². The Balaban J connectivity index is 1.96. The van der Waals surface area contributed by atoms with Gasteiger partial charge in [-0.2, -0.15) is 0 Å². The Morgan fingerprint density at radius 3 is 2.79 bits per heavy atom. The smallest absolute Gasteiger partial charge is 0.196 e. The van der Waals surface area contributed by atoms with E-state index >= 15 is 0 Å². The summed E-state index contributed by atoms with van der Waals surface area (Å²) in [6, 6.07) is 3.91. The Morgan fingerprint density at radius 1 is 1.16 bits per heavy atom. The van der Waals surface area contributed by atoms with Crippen LogP contribution in [0.1, 0.15) is 23.4 Å². The van der Waals surface area contributed by atoms with E-state index in [9.17, 15) is 0 Å². The largest absolute Gasteiger partial charge is 0.383 e. The molecule has 0 amide bonds. The quantitative estimate of drug-likeness (QED) is 0.739. The Bertz CT molecular complexity index is 742. The van der Waals surface area contributed by atoms with E-state index < -0.39 is 0 Å². The van der Waals surface area contributed by atoms with E-state index in [0.29, 0.717) is 0 Å². The van der Waals surface area contributed by atoms with Crippen molar-refractivity contribution >= 4 is 22.1 Å². The van der Waals surface area contributed by atoms with Crippen molar-refractivity contribution in [3.05, 3.63) is 35.1 Å². The molecule has 0 aromatic carbocycles. The van der Waals surface area contributed by atoms with Crippen LogP contribution in [0, 0.1) is 0 Å². The predicted octanol–water partition coefficient (Wildman–Crippen LogP) is 2.92.